The van der Waals surface area contributed by atoms with Crippen molar-refractivity contribution >= 4 is 28.2 Å². The highest BCUT2D eigenvalue weighted by Gasteiger charge is 2.16. The molecule has 1 aromatic heterocycles. The highest BCUT2D eigenvalue weighted by molar-refractivity contribution is 5.97. The maximum absolute atomic E-state index is 12.6. The van der Waals surface area contributed by atoms with E-state index < -0.39 is 10.8 Å². The van der Waals surface area contributed by atoms with Crippen LogP contribution in [-0.2, 0) is 6.61 Å². The molecule has 0 saturated heterocycles. The lowest BCUT2D eigenvalue weighted by Gasteiger charge is -2.12. The number of hydrogen-bond donors (Lipinski definition) is 2. The second-order valence-electron chi connectivity index (χ2n) is 8.16. The molecule has 0 radical (unpaired) electrons. The fourth-order valence-corrected chi connectivity index (χ4v) is 3.87. The van der Waals surface area contributed by atoms with Crippen LogP contribution in [0, 0.1) is 10.1 Å². The van der Waals surface area contributed by atoms with E-state index >= 15 is 0 Å². The van der Waals surface area contributed by atoms with E-state index in [0.29, 0.717) is 17.7 Å². The summed E-state index contributed by atoms with van der Waals surface area (Å²) in [5, 5.41) is 29.0. The normalized spacial score (nSPS) is 11.1. The molecular weight excluding hydrogens is 472 g/mol. The number of para-hydroxylation sites is 1. The number of azo groups is 1. The summed E-state index contributed by atoms with van der Waals surface area (Å²) in [7, 11) is 0. The maximum atomic E-state index is 12.6. The third kappa shape index (κ3) is 5.06. The summed E-state index contributed by atoms with van der Waals surface area (Å²) in [6, 6.07) is 28.5. The van der Waals surface area contributed by atoms with E-state index in [1.54, 1.807) is 24.3 Å². The van der Waals surface area contributed by atoms with Crippen molar-refractivity contribution in [2.24, 2.45) is 10.2 Å². The molecule has 0 saturated carbocycles. The van der Waals surface area contributed by atoms with Crippen LogP contribution in [-0.4, -0.2) is 20.9 Å². The van der Waals surface area contributed by atoms with Crippen molar-refractivity contribution < 1.29 is 19.6 Å². The Morgan fingerprint density at radius 3 is 2.43 bits per heavy atom. The number of carbonyl (C=O) groups is 1. The number of hydrogen-bond acceptors (Lipinski definition) is 6. The predicted octanol–water partition coefficient (Wildman–Crippen LogP) is 6.95. The molecule has 5 aromatic rings. The Bertz CT molecular complexity index is 1630. The molecule has 5 rings (SSSR count). The van der Waals surface area contributed by atoms with Crippen LogP contribution in [0.4, 0.5) is 11.4 Å². The first-order valence-electron chi connectivity index (χ1n) is 11.3. The minimum atomic E-state index is -0.624. The van der Waals surface area contributed by atoms with Crippen molar-refractivity contribution in [3.63, 3.8) is 0 Å². The summed E-state index contributed by atoms with van der Waals surface area (Å²) in [6.45, 7) is 0.307. The molecule has 0 aliphatic rings. The summed E-state index contributed by atoms with van der Waals surface area (Å²) in [6.07, 6.45) is 0. The first-order valence-corrected chi connectivity index (χ1v) is 11.3. The fraction of sp³-hybridized carbons (Fsp3) is 0.0357. The van der Waals surface area contributed by atoms with Crippen molar-refractivity contribution in [2.45, 2.75) is 6.61 Å². The Kier molecular flexibility index (Phi) is 6.41. The molecule has 1 amide bonds. The van der Waals surface area contributed by atoms with E-state index in [2.05, 4.69) is 15.2 Å². The Labute approximate surface area is 210 Å². The third-order valence-electron chi connectivity index (χ3n) is 5.75. The second kappa shape index (κ2) is 10.1. The summed E-state index contributed by atoms with van der Waals surface area (Å²) >= 11 is 0. The SMILES string of the molecule is O=C(N=Nc1c(O)[nH]c2ccc([N+](=O)[O-])cc12)c1ccc(COc2ccccc2-c2ccccc2)cc1. The topological polar surface area (TPSA) is 130 Å². The van der Waals surface area contributed by atoms with Gasteiger partial charge in [0.15, 0.2) is 5.69 Å². The molecule has 0 unspecified atom stereocenters. The van der Waals surface area contributed by atoms with Gasteiger partial charge in [-0.25, -0.2) is 0 Å². The Balaban J connectivity index is 1.29. The number of non-ortho nitro benzene ring substituents is 1. The second-order valence-corrected chi connectivity index (χ2v) is 8.16. The minimum absolute atomic E-state index is 0.0471. The molecule has 9 heteroatoms. The molecular formula is C28H20N4O5. The van der Waals surface area contributed by atoms with Gasteiger partial charge in [-0.15, -0.1) is 10.2 Å². The van der Waals surface area contributed by atoms with Gasteiger partial charge in [0.1, 0.15) is 12.4 Å². The quantitative estimate of drug-likeness (QED) is 0.144. The van der Waals surface area contributed by atoms with Gasteiger partial charge in [-0.05, 0) is 35.4 Å². The van der Waals surface area contributed by atoms with Crippen LogP contribution in [0.5, 0.6) is 11.6 Å². The number of ether oxygens (including phenoxy) is 1. The highest BCUT2D eigenvalue weighted by Crippen LogP contribution is 2.37. The zero-order valence-corrected chi connectivity index (χ0v) is 19.4. The van der Waals surface area contributed by atoms with Crippen LogP contribution in [0.15, 0.2) is 107 Å². The average Bonchev–Trinajstić information content (AvgIpc) is 3.25. The smallest absolute Gasteiger partial charge is 0.295 e. The van der Waals surface area contributed by atoms with Gasteiger partial charge in [-0.3, -0.25) is 14.9 Å². The Hall–Kier alpha value is -5.31. The van der Waals surface area contributed by atoms with E-state index in [9.17, 15) is 20.0 Å². The molecule has 0 spiro atoms. The Morgan fingerprint density at radius 1 is 0.946 bits per heavy atom. The minimum Gasteiger partial charge on any atom is -0.493 e. The number of carbonyl (C=O) groups excluding carboxylic acids is 1. The van der Waals surface area contributed by atoms with Gasteiger partial charge < -0.3 is 14.8 Å². The van der Waals surface area contributed by atoms with Gasteiger partial charge in [0, 0.05) is 28.6 Å². The number of nitro benzene ring substituents is 1. The summed E-state index contributed by atoms with van der Waals surface area (Å²) in [5.74, 6) is -0.210. The maximum Gasteiger partial charge on any atom is 0.295 e. The Morgan fingerprint density at radius 2 is 1.68 bits per heavy atom. The third-order valence-corrected chi connectivity index (χ3v) is 5.75. The molecule has 4 aromatic carbocycles. The molecule has 1 heterocycles. The van der Waals surface area contributed by atoms with Crippen LogP contribution in [0.25, 0.3) is 22.0 Å². The van der Waals surface area contributed by atoms with Gasteiger partial charge in [-0.1, -0.05) is 60.7 Å². The highest BCUT2D eigenvalue weighted by atomic mass is 16.6. The number of nitrogens with zero attached hydrogens (tertiary/aromatic N) is 3. The number of amides is 1. The lowest BCUT2D eigenvalue weighted by Crippen LogP contribution is -1.99. The van der Waals surface area contributed by atoms with Gasteiger partial charge in [0.25, 0.3) is 11.6 Å². The van der Waals surface area contributed by atoms with Gasteiger partial charge in [-0.2, -0.15) is 0 Å². The number of nitro groups is 1. The molecule has 0 aliphatic heterocycles. The van der Waals surface area contributed by atoms with Crippen molar-refractivity contribution in [2.75, 3.05) is 0 Å². The first-order chi connectivity index (χ1) is 18.0. The predicted molar refractivity (Wildman–Crippen MR) is 138 cm³/mol. The van der Waals surface area contributed by atoms with E-state index in [4.69, 9.17) is 4.74 Å². The zero-order chi connectivity index (χ0) is 25.8. The summed E-state index contributed by atoms with van der Waals surface area (Å²) < 4.78 is 6.05. The van der Waals surface area contributed by atoms with Crippen molar-refractivity contribution in [1.82, 2.24) is 4.98 Å². The molecule has 0 fully saturated rings. The molecule has 9 nitrogen and oxygen atoms in total. The largest absolute Gasteiger partial charge is 0.493 e. The van der Waals surface area contributed by atoms with Crippen molar-refractivity contribution in [3.8, 4) is 22.8 Å². The number of fused-ring (bicyclic) bond motifs is 1. The first kappa shape index (κ1) is 23.4. The number of benzene rings is 4. The van der Waals surface area contributed by atoms with Crippen molar-refractivity contribution in [3.05, 3.63) is 118 Å². The summed E-state index contributed by atoms with van der Waals surface area (Å²) in [4.78, 5) is 25.7. The lowest BCUT2D eigenvalue weighted by molar-refractivity contribution is -0.384. The zero-order valence-electron chi connectivity index (χ0n) is 19.4. The van der Waals surface area contributed by atoms with Crippen LogP contribution in [0.1, 0.15) is 15.9 Å². The summed E-state index contributed by atoms with van der Waals surface area (Å²) in [5.41, 5.74) is 3.41. The number of aromatic nitrogens is 1. The fourth-order valence-electron chi connectivity index (χ4n) is 3.87. The molecule has 37 heavy (non-hydrogen) atoms. The molecule has 182 valence electrons. The van der Waals surface area contributed by atoms with Gasteiger partial charge in [0.05, 0.1) is 10.4 Å². The molecule has 0 bridgehead atoms. The van der Waals surface area contributed by atoms with Crippen LogP contribution in [0.2, 0.25) is 0 Å². The lowest BCUT2D eigenvalue weighted by atomic mass is 10.0. The standard InChI is InChI=1S/C28H20N4O5/c33-27(31-30-26-23-16-21(32(35)36)14-15-24(23)29-28(26)34)20-12-10-18(11-13-20)17-37-25-9-5-4-8-22(25)19-6-2-1-3-7-19/h1-16,29,34H,17H2. The van der Waals surface area contributed by atoms with Gasteiger partial charge in [0.2, 0.25) is 5.88 Å². The van der Waals surface area contributed by atoms with E-state index in [1.165, 1.54) is 18.2 Å². The van der Waals surface area contributed by atoms with Crippen molar-refractivity contribution in [1.29, 1.82) is 0 Å². The number of rotatable bonds is 7. The monoisotopic (exact) mass is 492 g/mol. The molecule has 0 atom stereocenters. The number of nitrogens with one attached hydrogen (secondary N) is 1. The van der Waals surface area contributed by atoms with E-state index in [1.807, 2.05) is 54.6 Å². The number of H-pyrrole nitrogens is 1. The van der Waals surface area contributed by atoms with E-state index in [0.717, 1.165) is 22.4 Å². The van der Waals surface area contributed by atoms with Crippen LogP contribution < -0.4 is 4.74 Å². The number of aromatic amines is 1. The number of aromatic hydroxyl groups is 1. The van der Waals surface area contributed by atoms with E-state index in [-0.39, 0.29) is 22.6 Å². The molecule has 0 aliphatic carbocycles. The van der Waals surface area contributed by atoms with Crippen LogP contribution in [0.3, 0.4) is 0 Å². The average molecular weight is 492 g/mol. The van der Waals surface area contributed by atoms with Gasteiger partial charge >= 0.3 is 0 Å². The molecule has 2 N–H and O–H groups in total. The van der Waals surface area contributed by atoms with Crippen LogP contribution >= 0.6 is 0 Å².